The largest absolute Gasteiger partial charge is 0.410 e. The average Bonchev–Trinajstić information content (AvgIpc) is 3.26. The Hall–Kier alpha value is -2.19. The van der Waals surface area contributed by atoms with Crippen molar-refractivity contribution in [3.05, 3.63) is 46.6 Å². The Bertz CT molecular complexity index is 970. The van der Waals surface area contributed by atoms with Gasteiger partial charge in [-0.25, -0.2) is 4.39 Å². The van der Waals surface area contributed by atoms with E-state index < -0.39 is 5.82 Å². The van der Waals surface area contributed by atoms with Crippen molar-refractivity contribution in [2.75, 3.05) is 11.1 Å². The van der Waals surface area contributed by atoms with Gasteiger partial charge in [-0.1, -0.05) is 24.8 Å². The Morgan fingerprint density at radius 2 is 2.30 bits per heavy atom. The van der Waals surface area contributed by atoms with Crippen LogP contribution in [0.4, 0.5) is 10.1 Å². The van der Waals surface area contributed by atoms with Gasteiger partial charge in [0.1, 0.15) is 5.82 Å². The minimum absolute atomic E-state index is 0.108. The molecule has 2 heterocycles. The van der Waals surface area contributed by atoms with E-state index in [1.807, 2.05) is 0 Å². The third-order valence-corrected chi connectivity index (χ3v) is 6.43. The number of nitrogens with zero attached hydrogens (tertiary/aromatic N) is 2. The van der Waals surface area contributed by atoms with Crippen molar-refractivity contribution in [1.29, 1.82) is 0 Å². The first-order valence-corrected chi connectivity index (χ1v) is 10.5. The molecule has 0 fully saturated rings. The van der Waals surface area contributed by atoms with Crippen molar-refractivity contribution in [2.45, 2.75) is 31.4 Å². The van der Waals surface area contributed by atoms with Gasteiger partial charge >= 0.3 is 0 Å². The van der Waals surface area contributed by atoms with E-state index in [0.29, 0.717) is 22.7 Å². The molecular weight excluding hydrogens is 385 g/mol. The zero-order chi connectivity index (χ0) is 18.8. The number of halogens is 1. The lowest BCUT2D eigenvalue weighted by molar-refractivity contribution is -0.113. The maximum Gasteiger partial charge on any atom is 0.277 e. The van der Waals surface area contributed by atoms with Crippen molar-refractivity contribution in [3.8, 4) is 10.8 Å². The standard InChI is InChI=1S/C19H18FN3O2S2/c1-11-5-6-15-12(7-11)8-16(27-15)18-22-23-19(25-18)26-10-17(24)21-14-4-2-3-13(20)9-14/h2-4,8-9,11H,5-7,10H2,1H3,(H,21,24)/t11-/m1/s1. The smallest absolute Gasteiger partial charge is 0.277 e. The van der Waals surface area contributed by atoms with Gasteiger partial charge in [-0.2, -0.15) is 0 Å². The Labute approximate surface area is 164 Å². The Morgan fingerprint density at radius 1 is 1.41 bits per heavy atom. The van der Waals surface area contributed by atoms with E-state index in [1.165, 1.54) is 29.0 Å². The van der Waals surface area contributed by atoms with Crippen molar-refractivity contribution in [3.63, 3.8) is 0 Å². The summed E-state index contributed by atoms with van der Waals surface area (Å²) in [6.07, 6.45) is 3.43. The molecule has 1 amide bonds. The molecule has 1 N–H and O–H groups in total. The number of rotatable bonds is 5. The Balaban J connectivity index is 1.36. The number of nitrogens with one attached hydrogen (secondary N) is 1. The zero-order valence-electron chi connectivity index (χ0n) is 14.7. The van der Waals surface area contributed by atoms with Crippen LogP contribution in [-0.2, 0) is 17.6 Å². The number of carbonyl (C=O) groups is 1. The minimum Gasteiger partial charge on any atom is -0.410 e. The van der Waals surface area contributed by atoms with Crippen molar-refractivity contribution in [1.82, 2.24) is 10.2 Å². The van der Waals surface area contributed by atoms with Gasteiger partial charge in [-0.3, -0.25) is 4.79 Å². The van der Waals surface area contributed by atoms with Crippen molar-refractivity contribution >= 4 is 34.7 Å². The molecule has 3 aromatic rings. The summed E-state index contributed by atoms with van der Waals surface area (Å²) >= 11 is 2.87. The fourth-order valence-corrected chi connectivity index (χ4v) is 4.76. The summed E-state index contributed by atoms with van der Waals surface area (Å²) in [5, 5.41) is 11.1. The van der Waals surface area contributed by atoms with E-state index in [2.05, 4.69) is 28.5 Å². The number of thiophene rings is 1. The number of thioether (sulfide) groups is 1. The average molecular weight is 404 g/mol. The summed E-state index contributed by atoms with van der Waals surface area (Å²) in [5.41, 5.74) is 1.81. The summed E-state index contributed by atoms with van der Waals surface area (Å²) < 4.78 is 18.9. The van der Waals surface area contributed by atoms with Gasteiger partial charge in [0.2, 0.25) is 5.91 Å². The summed E-state index contributed by atoms with van der Waals surface area (Å²) in [5.74, 6) is 0.665. The molecular formula is C19H18FN3O2S2. The summed E-state index contributed by atoms with van der Waals surface area (Å²) in [4.78, 5) is 14.4. The maximum atomic E-state index is 13.2. The number of aromatic nitrogens is 2. The fraction of sp³-hybridized carbons (Fsp3) is 0.316. The van der Waals surface area contributed by atoms with Crippen molar-refractivity contribution < 1.29 is 13.6 Å². The van der Waals surface area contributed by atoms with E-state index in [-0.39, 0.29) is 11.7 Å². The molecule has 1 atom stereocenters. The van der Waals surface area contributed by atoms with Crippen LogP contribution in [0.25, 0.3) is 10.8 Å². The lowest BCUT2D eigenvalue weighted by Crippen LogP contribution is -2.14. The number of hydrogen-bond donors (Lipinski definition) is 1. The quantitative estimate of drug-likeness (QED) is 0.620. The zero-order valence-corrected chi connectivity index (χ0v) is 16.3. The van der Waals surface area contributed by atoms with E-state index in [0.717, 1.165) is 29.5 Å². The van der Waals surface area contributed by atoms with Gasteiger partial charge in [0.05, 0.1) is 10.6 Å². The Kier molecular flexibility index (Phi) is 5.27. The molecule has 4 rings (SSSR count). The summed E-state index contributed by atoms with van der Waals surface area (Å²) in [6.45, 7) is 2.27. The number of fused-ring (bicyclic) bond motifs is 1. The molecule has 8 heteroatoms. The molecule has 0 bridgehead atoms. The second-order valence-corrected chi connectivity index (χ2v) is 8.69. The lowest BCUT2D eigenvalue weighted by atomic mass is 9.90. The van der Waals surface area contributed by atoms with Gasteiger partial charge in [-0.05, 0) is 55.0 Å². The number of amides is 1. The highest BCUT2D eigenvalue weighted by Crippen LogP contribution is 2.37. The van der Waals surface area contributed by atoms with Crippen LogP contribution in [-0.4, -0.2) is 21.9 Å². The third kappa shape index (κ3) is 4.39. The predicted octanol–water partition coefficient (Wildman–Crippen LogP) is 4.79. The highest BCUT2D eigenvalue weighted by molar-refractivity contribution is 7.99. The van der Waals surface area contributed by atoms with Crippen LogP contribution in [0.3, 0.4) is 0 Å². The van der Waals surface area contributed by atoms with Crippen LogP contribution in [0.15, 0.2) is 40.0 Å². The normalized spacial score (nSPS) is 16.1. The summed E-state index contributed by atoms with van der Waals surface area (Å²) in [7, 11) is 0. The van der Waals surface area contributed by atoms with Gasteiger partial charge in [-0.15, -0.1) is 21.5 Å². The molecule has 1 aliphatic carbocycles. The molecule has 27 heavy (non-hydrogen) atoms. The van der Waals surface area contributed by atoms with Gasteiger partial charge in [0.25, 0.3) is 11.1 Å². The molecule has 1 aromatic carbocycles. The van der Waals surface area contributed by atoms with Crippen LogP contribution in [0.5, 0.6) is 0 Å². The second kappa shape index (κ2) is 7.82. The molecule has 0 aliphatic heterocycles. The Morgan fingerprint density at radius 3 is 3.15 bits per heavy atom. The third-order valence-electron chi connectivity index (χ3n) is 4.38. The lowest BCUT2D eigenvalue weighted by Gasteiger charge is -2.16. The monoisotopic (exact) mass is 403 g/mol. The van der Waals surface area contributed by atoms with Crippen LogP contribution >= 0.6 is 23.1 Å². The molecule has 2 aromatic heterocycles. The molecule has 0 spiro atoms. The second-order valence-electron chi connectivity index (χ2n) is 6.63. The van der Waals surface area contributed by atoms with Crippen LogP contribution in [0.2, 0.25) is 0 Å². The molecule has 5 nitrogen and oxygen atoms in total. The number of anilines is 1. The first-order valence-electron chi connectivity index (χ1n) is 8.70. The number of aryl methyl sites for hydroxylation is 1. The van der Waals surface area contributed by atoms with Crippen molar-refractivity contribution in [2.24, 2.45) is 5.92 Å². The number of carbonyl (C=O) groups excluding carboxylic acids is 1. The van der Waals surface area contributed by atoms with Crippen LogP contribution in [0, 0.1) is 11.7 Å². The molecule has 140 valence electrons. The molecule has 0 saturated carbocycles. The van der Waals surface area contributed by atoms with E-state index in [4.69, 9.17) is 4.42 Å². The fourth-order valence-electron chi connectivity index (χ4n) is 3.07. The highest BCUT2D eigenvalue weighted by atomic mass is 32.2. The minimum atomic E-state index is -0.393. The number of hydrogen-bond acceptors (Lipinski definition) is 6. The maximum absolute atomic E-state index is 13.2. The highest BCUT2D eigenvalue weighted by Gasteiger charge is 2.21. The van der Waals surface area contributed by atoms with E-state index in [1.54, 1.807) is 23.5 Å². The van der Waals surface area contributed by atoms with Crippen LogP contribution in [0.1, 0.15) is 23.8 Å². The molecule has 0 unspecified atom stereocenters. The summed E-state index contributed by atoms with van der Waals surface area (Å²) in [6, 6.07) is 7.92. The first-order chi connectivity index (χ1) is 13.1. The molecule has 0 radical (unpaired) electrons. The first kappa shape index (κ1) is 18.2. The van der Waals surface area contributed by atoms with Gasteiger partial charge < -0.3 is 9.73 Å². The van der Waals surface area contributed by atoms with E-state index >= 15 is 0 Å². The predicted molar refractivity (Wildman–Crippen MR) is 105 cm³/mol. The molecule has 1 aliphatic rings. The van der Waals surface area contributed by atoms with E-state index in [9.17, 15) is 9.18 Å². The SMILES string of the molecule is C[C@@H]1CCc2sc(-c3nnc(SCC(=O)Nc4cccc(F)c4)o3)cc2C1. The molecule has 0 saturated heterocycles. The number of benzene rings is 1. The van der Waals surface area contributed by atoms with Gasteiger partial charge in [0, 0.05) is 10.6 Å². The topological polar surface area (TPSA) is 68.0 Å². The van der Waals surface area contributed by atoms with Crippen LogP contribution < -0.4 is 5.32 Å². The van der Waals surface area contributed by atoms with Gasteiger partial charge in [0.15, 0.2) is 0 Å².